The monoisotopic (exact) mass is 252 g/mol. The number of ether oxygens (including phenoxy) is 1. The zero-order valence-corrected chi connectivity index (χ0v) is 11.1. The second kappa shape index (κ2) is 6.01. The highest BCUT2D eigenvalue weighted by atomic mass is 16.5. The van der Waals surface area contributed by atoms with E-state index in [-0.39, 0.29) is 5.78 Å². The van der Waals surface area contributed by atoms with Crippen LogP contribution in [0.4, 0.5) is 0 Å². The number of para-hydroxylation sites is 1. The van der Waals surface area contributed by atoms with E-state index >= 15 is 0 Å². The predicted octanol–water partition coefficient (Wildman–Crippen LogP) is 4.71. The van der Waals surface area contributed by atoms with E-state index in [1.165, 1.54) is 0 Å². The second-order valence-corrected chi connectivity index (χ2v) is 4.22. The van der Waals surface area contributed by atoms with Gasteiger partial charge in [-0.25, -0.2) is 0 Å². The van der Waals surface area contributed by atoms with E-state index in [4.69, 9.17) is 4.74 Å². The van der Waals surface area contributed by atoms with Gasteiger partial charge in [0.2, 0.25) is 0 Å². The molecule has 0 spiro atoms. The average molecular weight is 252 g/mol. The van der Waals surface area contributed by atoms with Gasteiger partial charge in [0.25, 0.3) is 0 Å². The van der Waals surface area contributed by atoms with Gasteiger partial charge in [-0.2, -0.15) is 0 Å². The SMILES string of the molecule is C/C=C\c1ccccc1Oc1ccc(C(C)=O)cc1. The number of hydrogen-bond acceptors (Lipinski definition) is 2. The van der Waals surface area contributed by atoms with Crippen molar-refractivity contribution in [3.63, 3.8) is 0 Å². The van der Waals surface area contributed by atoms with E-state index < -0.39 is 0 Å². The number of rotatable bonds is 4. The highest BCUT2D eigenvalue weighted by Gasteiger charge is 2.03. The highest BCUT2D eigenvalue weighted by molar-refractivity contribution is 5.94. The summed E-state index contributed by atoms with van der Waals surface area (Å²) in [6.07, 6.45) is 3.97. The van der Waals surface area contributed by atoms with Crippen molar-refractivity contribution in [1.29, 1.82) is 0 Å². The number of Topliss-reactive ketones (excluding diaryl/α,β-unsaturated/α-hetero) is 1. The Balaban J connectivity index is 2.23. The summed E-state index contributed by atoms with van der Waals surface area (Å²) in [5.41, 5.74) is 1.72. The second-order valence-electron chi connectivity index (χ2n) is 4.22. The van der Waals surface area contributed by atoms with Crippen LogP contribution in [0.3, 0.4) is 0 Å². The fourth-order valence-corrected chi connectivity index (χ4v) is 1.78. The van der Waals surface area contributed by atoms with Gasteiger partial charge < -0.3 is 4.74 Å². The zero-order valence-electron chi connectivity index (χ0n) is 11.1. The molecule has 2 aromatic rings. The predicted molar refractivity (Wildman–Crippen MR) is 77.7 cm³/mol. The van der Waals surface area contributed by atoms with Crippen molar-refractivity contribution in [2.75, 3.05) is 0 Å². The molecule has 2 rings (SSSR count). The van der Waals surface area contributed by atoms with Crippen molar-refractivity contribution in [3.05, 3.63) is 65.7 Å². The maximum Gasteiger partial charge on any atom is 0.159 e. The molecule has 0 heterocycles. The Morgan fingerprint density at radius 3 is 2.37 bits per heavy atom. The number of hydrogen-bond donors (Lipinski definition) is 0. The molecule has 0 aromatic heterocycles. The lowest BCUT2D eigenvalue weighted by Gasteiger charge is -2.09. The van der Waals surface area contributed by atoms with Crippen molar-refractivity contribution < 1.29 is 9.53 Å². The Hall–Kier alpha value is -2.35. The van der Waals surface area contributed by atoms with Gasteiger partial charge in [-0.3, -0.25) is 4.79 Å². The van der Waals surface area contributed by atoms with E-state index in [2.05, 4.69) is 0 Å². The molecular weight excluding hydrogens is 236 g/mol. The van der Waals surface area contributed by atoms with Crippen molar-refractivity contribution >= 4 is 11.9 Å². The zero-order chi connectivity index (χ0) is 13.7. The number of benzene rings is 2. The molecule has 0 aliphatic heterocycles. The molecule has 2 aromatic carbocycles. The van der Waals surface area contributed by atoms with Gasteiger partial charge in [-0.15, -0.1) is 0 Å². The first-order chi connectivity index (χ1) is 9.20. The molecule has 96 valence electrons. The van der Waals surface area contributed by atoms with Crippen LogP contribution < -0.4 is 4.74 Å². The fourth-order valence-electron chi connectivity index (χ4n) is 1.78. The van der Waals surface area contributed by atoms with Crippen molar-refractivity contribution in [3.8, 4) is 11.5 Å². The lowest BCUT2D eigenvalue weighted by atomic mass is 10.1. The summed E-state index contributed by atoms with van der Waals surface area (Å²) in [6.45, 7) is 3.52. The summed E-state index contributed by atoms with van der Waals surface area (Å²) in [5, 5.41) is 0. The van der Waals surface area contributed by atoms with Crippen LogP contribution in [0, 0.1) is 0 Å². The number of allylic oxidation sites excluding steroid dienone is 1. The summed E-state index contributed by atoms with van der Waals surface area (Å²) in [6, 6.07) is 15.0. The number of ketones is 1. The molecule has 0 amide bonds. The Bertz CT molecular complexity index is 595. The third kappa shape index (κ3) is 3.32. The summed E-state index contributed by atoms with van der Waals surface area (Å²) < 4.78 is 5.83. The standard InChI is InChI=1S/C17H16O2/c1-3-6-15-7-4-5-8-17(15)19-16-11-9-14(10-12-16)13(2)18/h3-12H,1-2H3/b6-3-. The van der Waals surface area contributed by atoms with Crippen LogP contribution in [0.15, 0.2) is 54.6 Å². The van der Waals surface area contributed by atoms with E-state index in [0.29, 0.717) is 5.56 Å². The molecule has 0 fully saturated rings. The fraction of sp³-hybridized carbons (Fsp3) is 0.118. The minimum absolute atomic E-state index is 0.0564. The molecule has 0 radical (unpaired) electrons. The Morgan fingerprint density at radius 2 is 1.74 bits per heavy atom. The molecule has 2 nitrogen and oxygen atoms in total. The molecule has 19 heavy (non-hydrogen) atoms. The van der Waals surface area contributed by atoms with Crippen LogP contribution in [-0.2, 0) is 0 Å². The minimum Gasteiger partial charge on any atom is -0.457 e. The van der Waals surface area contributed by atoms with Crippen LogP contribution in [0.25, 0.3) is 6.08 Å². The largest absolute Gasteiger partial charge is 0.457 e. The summed E-state index contributed by atoms with van der Waals surface area (Å²) in [7, 11) is 0. The molecule has 0 atom stereocenters. The van der Waals surface area contributed by atoms with Gasteiger partial charge >= 0.3 is 0 Å². The number of carbonyl (C=O) groups is 1. The van der Waals surface area contributed by atoms with E-state index in [1.54, 1.807) is 19.1 Å². The van der Waals surface area contributed by atoms with Crippen LogP contribution in [-0.4, -0.2) is 5.78 Å². The molecule has 0 unspecified atom stereocenters. The van der Waals surface area contributed by atoms with Gasteiger partial charge in [0.05, 0.1) is 0 Å². The summed E-state index contributed by atoms with van der Waals surface area (Å²) in [4.78, 5) is 11.2. The third-order valence-electron chi connectivity index (χ3n) is 2.75. The summed E-state index contributed by atoms with van der Waals surface area (Å²) in [5.74, 6) is 1.58. The Labute approximate surface area is 113 Å². The molecule has 0 aliphatic rings. The maximum atomic E-state index is 11.2. The topological polar surface area (TPSA) is 26.3 Å². The molecule has 0 aliphatic carbocycles. The highest BCUT2D eigenvalue weighted by Crippen LogP contribution is 2.26. The molecular formula is C17H16O2. The van der Waals surface area contributed by atoms with E-state index in [1.807, 2.05) is 55.5 Å². The Kier molecular flexibility index (Phi) is 4.14. The van der Waals surface area contributed by atoms with Crippen LogP contribution in [0.1, 0.15) is 29.8 Å². The molecule has 0 saturated heterocycles. The van der Waals surface area contributed by atoms with Crippen LogP contribution in [0.5, 0.6) is 11.5 Å². The van der Waals surface area contributed by atoms with E-state index in [0.717, 1.165) is 17.1 Å². The van der Waals surface area contributed by atoms with Crippen molar-refractivity contribution in [2.45, 2.75) is 13.8 Å². The average Bonchev–Trinajstić information content (AvgIpc) is 2.42. The van der Waals surface area contributed by atoms with Crippen molar-refractivity contribution in [1.82, 2.24) is 0 Å². The van der Waals surface area contributed by atoms with Gasteiger partial charge in [0, 0.05) is 11.1 Å². The van der Waals surface area contributed by atoms with Gasteiger partial charge in [0.1, 0.15) is 11.5 Å². The van der Waals surface area contributed by atoms with E-state index in [9.17, 15) is 4.79 Å². The smallest absolute Gasteiger partial charge is 0.159 e. The Morgan fingerprint density at radius 1 is 1.05 bits per heavy atom. The quantitative estimate of drug-likeness (QED) is 0.736. The van der Waals surface area contributed by atoms with Crippen LogP contribution >= 0.6 is 0 Å². The first-order valence-corrected chi connectivity index (χ1v) is 6.21. The molecule has 0 N–H and O–H groups in total. The first kappa shape index (κ1) is 13.1. The minimum atomic E-state index is 0.0564. The van der Waals surface area contributed by atoms with Gasteiger partial charge in [-0.1, -0.05) is 30.4 Å². The summed E-state index contributed by atoms with van der Waals surface area (Å²) >= 11 is 0. The van der Waals surface area contributed by atoms with Gasteiger partial charge in [-0.05, 0) is 44.2 Å². The first-order valence-electron chi connectivity index (χ1n) is 6.21. The lowest BCUT2D eigenvalue weighted by molar-refractivity contribution is 0.101. The lowest BCUT2D eigenvalue weighted by Crippen LogP contribution is -1.92. The third-order valence-corrected chi connectivity index (χ3v) is 2.75. The molecule has 2 heteroatoms. The molecule has 0 bridgehead atoms. The van der Waals surface area contributed by atoms with Gasteiger partial charge in [0.15, 0.2) is 5.78 Å². The number of carbonyl (C=O) groups excluding carboxylic acids is 1. The molecule has 0 saturated carbocycles. The van der Waals surface area contributed by atoms with Crippen LogP contribution in [0.2, 0.25) is 0 Å². The maximum absolute atomic E-state index is 11.2. The normalized spacial score (nSPS) is 10.6. The van der Waals surface area contributed by atoms with Crippen molar-refractivity contribution in [2.24, 2.45) is 0 Å².